The molecule has 5 nitrogen and oxygen atoms in total. The quantitative estimate of drug-likeness (QED) is 0.766. The molecule has 1 saturated carbocycles. The number of nitrogens with one attached hydrogen (secondary N) is 1. The summed E-state index contributed by atoms with van der Waals surface area (Å²) in [5.41, 5.74) is 0. The van der Waals surface area contributed by atoms with E-state index in [-0.39, 0.29) is 18.6 Å². The number of ether oxygens (including phenoxy) is 3. The molecule has 126 valence electrons. The largest absolute Gasteiger partial charge is 0.481 e. The molecule has 1 aliphatic heterocycles. The number of para-hydroxylation sites is 1. The zero-order valence-electron chi connectivity index (χ0n) is 12.6. The van der Waals surface area contributed by atoms with Crippen LogP contribution in [0.2, 0.25) is 0 Å². The topological polar surface area (TPSA) is 56.8 Å². The molecule has 3 rings (SSSR count). The number of carbonyl (C=O) groups is 1. The minimum atomic E-state index is -0.391. The van der Waals surface area contributed by atoms with Crippen LogP contribution in [0.3, 0.4) is 0 Å². The molecule has 2 aliphatic rings. The van der Waals surface area contributed by atoms with Gasteiger partial charge in [0, 0.05) is 18.9 Å². The second-order valence-corrected chi connectivity index (χ2v) is 7.50. The Bertz CT molecular complexity index is 545. The Morgan fingerprint density at radius 2 is 1.83 bits per heavy atom. The smallest absolute Gasteiger partial charge is 0.258 e. The van der Waals surface area contributed by atoms with Crippen LogP contribution in [0.15, 0.2) is 27.1 Å². The molecule has 0 radical (unpaired) electrons. The maximum Gasteiger partial charge on any atom is 0.258 e. The first-order valence-corrected chi connectivity index (χ1v) is 9.31. The SMILES string of the molecule is O=C(COc1c(Br)cccc1Br)NC1CCC2(CC1)OCCO2. The molecule has 1 amide bonds. The third-order valence-corrected chi connectivity index (χ3v) is 5.44. The van der Waals surface area contributed by atoms with E-state index < -0.39 is 5.79 Å². The normalized spacial score (nSPS) is 20.6. The molecule has 7 heteroatoms. The first-order valence-electron chi connectivity index (χ1n) is 7.72. The van der Waals surface area contributed by atoms with Gasteiger partial charge in [0.2, 0.25) is 0 Å². The molecular formula is C16H19Br2NO4. The summed E-state index contributed by atoms with van der Waals surface area (Å²) in [4.78, 5) is 12.1. The number of benzene rings is 1. The van der Waals surface area contributed by atoms with E-state index in [1.54, 1.807) is 0 Å². The molecular weight excluding hydrogens is 430 g/mol. The lowest BCUT2D eigenvalue weighted by Gasteiger charge is -2.35. The predicted octanol–water partition coefficient (Wildman–Crippen LogP) is 3.39. The van der Waals surface area contributed by atoms with Crippen molar-refractivity contribution in [1.82, 2.24) is 5.32 Å². The molecule has 1 N–H and O–H groups in total. The van der Waals surface area contributed by atoms with Crippen LogP contribution in [0, 0.1) is 0 Å². The lowest BCUT2D eigenvalue weighted by molar-refractivity contribution is -0.180. The summed E-state index contributed by atoms with van der Waals surface area (Å²) in [5, 5.41) is 3.03. The van der Waals surface area contributed by atoms with Crippen LogP contribution >= 0.6 is 31.9 Å². The molecule has 1 heterocycles. The number of halogens is 2. The highest BCUT2D eigenvalue weighted by atomic mass is 79.9. The number of hydrogen-bond donors (Lipinski definition) is 1. The Labute approximate surface area is 152 Å². The zero-order valence-corrected chi connectivity index (χ0v) is 15.8. The first kappa shape index (κ1) is 17.2. The molecule has 23 heavy (non-hydrogen) atoms. The first-order chi connectivity index (χ1) is 11.1. The second kappa shape index (κ2) is 7.51. The van der Waals surface area contributed by atoms with E-state index in [2.05, 4.69) is 37.2 Å². The Kier molecular flexibility index (Phi) is 5.61. The van der Waals surface area contributed by atoms with Gasteiger partial charge in [-0.3, -0.25) is 4.79 Å². The van der Waals surface area contributed by atoms with Gasteiger partial charge in [0.15, 0.2) is 12.4 Å². The molecule has 0 bridgehead atoms. The van der Waals surface area contributed by atoms with Crippen molar-refractivity contribution in [1.29, 1.82) is 0 Å². The maximum absolute atomic E-state index is 12.1. The van der Waals surface area contributed by atoms with Gasteiger partial charge in [-0.25, -0.2) is 0 Å². The van der Waals surface area contributed by atoms with Crippen LogP contribution < -0.4 is 10.1 Å². The monoisotopic (exact) mass is 447 g/mol. The lowest BCUT2D eigenvalue weighted by atomic mass is 9.90. The Hall–Kier alpha value is -0.630. The fourth-order valence-electron chi connectivity index (χ4n) is 3.02. The number of hydrogen-bond acceptors (Lipinski definition) is 4. The van der Waals surface area contributed by atoms with Gasteiger partial charge in [0.25, 0.3) is 5.91 Å². The van der Waals surface area contributed by atoms with E-state index >= 15 is 0 Å². The average molecular weight is 449 g/mol. The summed E-state index contributed by atoms with van der Waals surface area (Å²) in [5.74, 6) is 0.136. The summed E-state index contributed by atoms with van der Waals surface area (Å²) in [6.45, 7) is 1.34. The molecule has 1 spiro atoms. The molecule has 1 aromatic rings. The molecule has 1 aliphatic carbocycles. The number of rotatable bonds is 4. The van der Waals surface area contributed by atoms with Gasteiger partial charge in [-0.2, -0.15) is 0 Å². The molecule has 0 aromatic heterocycles. The molecule has 2 fully saturated rings. The van der Waals surface area contributed by atoms with E-state index in [1.165, 1.54) is 0 Å². The highest BCUT2D eigenvalue weighted by Crippen LogP contribution is 2.36. The fraction of sp³-hybridized carbons (Fsp3) is 0.562. The number of carbonyl (C=O) groups excluding carboxylic acids is 1. The van der Waals surface area contributed by atoms with Crippen LogP contribution in [-0.2, 0) is 14.3 Å². The van der Waals surface area contributed by atoms with Crippen molar-refractivity contribution >= 4 is 37.8 Å². The highest BCUT2D eigenvalue weighted by Gasteiger charge is 2.40. The fourth-order valence-corrected chi connectivity index (χ4v) is 4.24. The van der Waals surface area contributed by atoms with E-state index in [4.69, 9.17) is 14.2 Å². The van der Waals surface area contributed by atoms with Crippen molar-refractivity contribution in [2.45, 2.75) is 37.5 Å². The Balaban J connectivity index is 1.45. The molecule has 1 saturated heterocycles. The van der Waals surface area contributed by atoms with Crippen molar-refractivity contribution in [3.05, 3.63) is 27.1 Å². The predicted molar refractivity (Wildman–Crippen MR) is 92.4 cm³/mol. The van der Waals surface area contributed by atoms with Gasteiger partial charge in [-0.05, 0) is 56.8 Å². The third-order valence-electron chi connectivity index (χ3n) is 4.19. The Morgan fingerprint density at radius 3 is 2.43 bits per heavy atom. The lowest BCUT2D eigenvalue weighted by Crippen LogP contribution is -2.45. The minimum absolute atomic E-state index is 0.00411. The van der Waals surface area contributed by atoms with Gasteiger partial charge in [0.05, 0.1) is 22.2 Å². The van der Waals surface area contributed by atoms with Crippen LogP contribution in [0.1, 0.15) is 25.7 Å². The summed E-state index contributed by atoms with van der Waals surface area (Å²) in [6, 6.07) is 5.80. The van der Waals surface area contributed by atoms with Gasteiger partial charge < -0.3 is 19.5 Å². The van der Waals surface area contributed by atoms with Gasteiger partial charge in [-0.15, -0.1) is 0 Å². The van der Waals surface area contributed by atoms with E-state index in [1.807, 2.05) is 18.2 Å². The standard InChI is InChI=1S/C16H19Br2NO4/c17-12-2-1-3-13(18)15(12)21-10-14(20)19-11-4-6-16(7-5-11)22-8-9-23-16/h1-3,11H,4-10H2,(H,19,20). The van der Waals surface area contributed by atoms with Crippen LogP contribution in [0.25, 0.3) is 0 Å². The van der Waals surface area contributed by atoms with Crippen LogP contribution in [0.5, 0.6) is 5.75 Å². The molecule has 0 unspecified atom stereocenters. The molecule has 0 atom stereocenters. The van der Waals surface area contributed by atoms with E-state index in [9.17, 15) is 4.79 Å². The van der Waals surface area contributed by atoms with Crippen molar-refractivity contribution < 1.29 is 19.0 Å². The van der Waals surface area contributed by atoms with Gasteiger partial charge >= 0.3 is 0 Å². The van der Waals surface area contributed by atoms with Crippen molar-refractivity contribution in [3.8, 4) is 5.75 Å². The van der Waals surface area contributed by atoms with Crippen molar-refractivity contribution in [2.75, 3.05) is 19.8 Å². The third kappa shape index (κ3) is 4.26. The van der Waals surface area contributed by atoms with Crippen molar-refractivity contribution in [3.63, 3.8) is 0 Å². The second-order valence-electron chi connectivity index (χ2n) is 5.79. The summed E-state index contributed by atoms with van der Waals surface area (Å²) in [7, 11) is 0. The maximum atomic E-state index is 12.1. The van der Waals surface area contributed by atoms with Gasteiger partial charge in [-0.1, -0.05) is 6.07 Å². The van der Waals surface area contributed by atoms with Crippen LogP contribution in [-0.4, -0.2) is 37.6 Å². The minimum Gasteiger partial charge on any atom is -0.481 e. The zero-order chi connectivity index (χ0) is 16.3. The van der Waals surface area contributed by atoms with Gasteiger partial charge in [0.1, 0.15) is 5.75 Å². The summed E-state index contributed by atoms with van der Waals surface area (Å²) in [6.07, 6.45) is 3.39. The number of amides is 1. The van der Waals surface area contributed by atoms with Crippen molar-refractivity contribution in [2.24, 2.45) is 0 Å². The Morgan fingerprint density at radius 1 is 1.22 bits per heavy atom. The molecule has 1 aromatic carbocycles. The summed E-state index contributed by atoms with van der Waals surface area (Å²) < 4.78 is 18.6. The highest BCUT2D eigenvalue weighted by molar-refractivity contribution is 9.11. The van der Waals surface area contributed by atoms with Crippen LogP contribution in [0.4, 0.5) is 0 Å². The van der Waals surface area contributed by atoms with E-state index in [0.717, 1.165) is 34.6 Å². The van der Waals surface area contributed by atoms with E-state index in [0.29, 0.717) is 19.0 Å². The average Bonchev–Trinajstić information content (AvgIpc) is 2.98. The summed E-state index contributed by atoms with van der Waals surface area (Å²) >= 11 is 6.83.